The maximum absolute atomic E-state index is 14.4. The van der Waals surface area contributed by atoms with Crippen LogP contribution in [0.3, 0.4) is 0 Å². The Morgan fingerprint density at radius 3 is 2.45 bits per heavy atom. The standard InChI is InChI=1S/C31H30F3N3O/c1-20-8-11-26(12-9-20)37-29(38)30(21(2)35-37)19-24-18-25(31(32,33)34)10-13-27(24)36-15-14-23(17-28(30)36)16-22-6-4-3-5-7-22/h3-13,18,23,28H,14-17,19H2,1-2H3/t23-,28-,30+/m0/s1. The zero-order valence-corrected chi connectivity index (χ0v) is 21.5. The van der Waals surface area contributed by atoms with E-state index in [9.17, 15) is 18.0 Å². The second-order valence-corrected chi connectivity index (χ2v) is 10.9. The molecule has 7 heteroatoms. The molecule has 3 aromatic rings. The Morgan fingerprint density at radius 1 is 1.00 bits per heavy atom. The van der Waals surface area contributed by atoms with Crippen LogP contribution in [0.1, 0.15) is 42.0 Å². The highest BCUT2D eigenvalue weighted by Gasteiger charge is 2.60. The fraction of sp³-hybridized carbons (Fsp3) is 0.355. The molecule has 6 rings (SSSR count). The Labute approximate surface area is 220 Å². The minimum absolute atomic E-state index is 0.155. The lowest BCUT2D eigenvalue weighted by molar-refractivity contribution is -0.137. The van der Waals surface area contributed by atoms with Crippen molar-refractivity contribution in [2.24, 2.45) is 16.4 Å². The molecular weight excluding hydrogens is 487 g/mol. The summed E-state index contributed by atoms with van der Waals surface area (Å²) in [6, 6.07) is 21.8. The van der Waals surface area contributed by atoms with E-state index in [2.05, 4.69) is 17.0 Å². The van der Waals surface area contributed by atoms with Crippen LogP contribution in [0, 0.1) is 18.3 Å². The van der Waals surface area contributed by atoms with Crippen molar-refractivity contribution in [1.29, 1.82) is 0 Å². The minimum Gasteiger partial charge on any atom is -0.367 e. The van der Waals surface area contributed by atoms with Crippen molar-refractivity contribution in [3.05, 3.63) is 95.1 Å². The van der Waals surface area contributed by atoms with Gasteiger partial charge in [0, 0.05) is 18.3 Å². The Kier molecular flexibility index (Phi) is 5.85. The molecule has 0 aromatic heterocycles. The highest BCUT2D eigenvalue weighted by Crippen LogP contribution is 2.51. The predicted molar refractivity (Wildman–Crippen MR) is 143 cm³/mol. The number of aryl methyl sites for hydroxylation is 1. The van der Waals surface area contributed by atoms with E-state index < -0.39 is 17.2 Å². The molecule has 3 atom stereocenters. The average Bonchev–Trinajstić information content (AvgIpc) is 3.14. The van der Waals surface area contributed by atoms with Gasteiger partial charge in [-0.25, -0.2) is 0 Å². The van der Waals surface area contributed by atoms with Crippen LogP contribution in [-0.2, 0) is 23.8 Å². The minimum atomic E-state index is -4.45. The largest absolute Gasteiger partial charge is 0.416 e. The van der Waals surface area contributed by atoms with E-state index in [1.165, 1.54) is 22.7 Å². The molecule has 0 unspecified atom stereocenters. The summed E-state index contributed by atoms with van der Waals surface area (Å²) in [5.41, 5.74) is 3.35. The van der Waals surface area contributed by atoms with Crippen molar-refractivity contribution in [3.63, 3.8) is 0 Å². The first-order valence-electron chi connectivity index (χ1n) is 13.1. The summed E-state index contributed by atoms with van der Waals surface area (Å²) in [5, 5.41) is 6.21. The lowest BCUT2D eigenvalue weighted by Crippen LogP contribution is -2.62. The van der Waals surface area contributed by atoms with Crippen LogP contribution in [0.25, 0.3) is 0 Å². The summed E-state index contributed by atoms with van der Waals surface area (Å²) in [4.78, 5) is 16.5. The molecule has 3 heterocycles. The molecular formula is C31H30F3N3O. The van der Waals surface area contributed by atoms with Gasteiger partial charge in [0.2, 0.25) is 0 Å². The van der Waals surface area contributed by atoms with Gasteiger partial charge in [-0.3, -0.25) is 4.79 Å². The molecule has 1 amide bonds. The van der Waals surface area contributed by atoms with Gasteiger partial charge in [0.05, 0.1) is 17.0 Å². The fourth-order valence-corrected chi connectivity index (χ4v) is 6.61. The molecule has 1 spiro atoms. The average molecular weight is 518 g/mol. The summed E-state index contributed by atoms with van der Waals surface area (Å²) >= 11 is 0. The first kappa shape index (κ1) is 24.7. The SMILES string of the molecule is CC1=NN(c2ccc(C)cc2)C(=O)[C@]12Cc1cc(C(F)(F)F)ccc1N1CC[C@@H](Cc3ccccc3)C[C@H]12. The molecule has 1 saturated heterocycles. The number of alkyl halides is 3. The number of fused-ring (bicyclic) bond motifs is 4. The number of anilines is 2. The summed E-state index contributed by atoms with van der Waals surface area (Å²) in [5.74, 6) is 0.206. The Morgan fingerprint density at radius 2 is 1.74 bits per heavy atom. The van der Waals surface area contributed by atoms with Crippen LogP contribution in [0.2, 0.25) is 0 Å². The van der Waals surface area contributed by atoms with Gasteiger partial charge in [0.25, 0.3) is 5.91 Å². The van der Waals surface area contributed by atoms with Crippen molar-refractivity contribution in [3.8, 4) is 0 Å². The maximum Gasteiger partial charge on any atom is 0.416 e. The second kappa shape index (κ2) is 9.00. The molecule has 38 heavy (non-hydrogen) atoms. The lowest BCUT2D eigenvalue weighted by Gasteiger charge is -2.52. The van der Waals surface area contributed by atoms with Crippen LogP contribution >= 0.6 is 0 Å². The molecule has 3 aromatic carbocycles. The highest BCUT2D eigenvalue weighted by molar-refractivity contribution is 6.20. The molecule has 0 radical (unpaired) electrons. The van der Waals surface area contributed by atoms with Crippen LogP contribution in [0.5, 0.6) is 0 Å². The topological polar surface area (TPSA) is 35.9 Å². The van der Waals surface area contributed by atoms with Crippen LogP contribution in [0.15, 0.2) is 77.9 Å². The Balaban J connectivity index is 1.43. The molecule has 0 N–H and O–H groups in total. The number of benzene rings is 3. The molecule has 0 aliphatic carbocycles. The normalized spacial score (nSPS) is 24.9. The lowest BCUT2D eigenvalue weighted by atomic mass is 9.63. The van der Waals surface area contributed by atoms with Gasteiger partial charge in [0.1, 0.15) is 5.41 Å². The van der Waals surface area contributed by atoms with Crippen LogP contribution in [-0.4, -0.2) is 24.2 Å². The van der Waals surface area contributed by atoms with Gasteiger partial charge in [-0.15, -0.1) is 0 Å². The third kappa shape index (κ3) is 3.99. The first-order valence-corrected chi connectivity index (χ1v) is 13.1. The number of rotatable bonds is 3. The van der Waals surface area contributed by atoms with Gasteiger partial charge in [-0.05, 0) is 86.9 Å². The number of piperidine rings is 1. The van der Waals surface area contributed by atoms with Gasteiger partial charge < -0.3 is 4.90 Å². The third-order valence-corrected chi connectivity index (χ3v) is 8.58. The summed E-state index contributed by atoms with van der Waals surface area (Å²) < 4.78 is 41.0. The number of carbonyl (C=O) groups is 1. The Bertz CT molecular complexity index is 1400. The number of hydrogen-bond acceptors (Lipinski definition) is 3. The van der Waals surface area contributed by atoms with E-state index in [-0.39, 0.29) is 18.4 Å². The molecule has 3 aliphatic heterocycles. The number of amides is 1. The van der Waals surface area contributed by atoms with Gasteiger partial charge >= 0.3 is 6.18 Å². The number of hydrogen-bond donors (Lipinski definition) is 0. The molecule has 0 bridgehead atoms. The smallest absolute Gasteiger partial charge is 0.367 e. The monoisotopic (exact) mass is 517 g/mol. The maximum atomic E-state index is 14.4. The quantitative estimate of drug-likeness (QED) is 0.383. The summed E-state index contributed by atoms with van der Waals surface area (Å²) in [7, 11) is 0. The number of nitrogens with zero attached hydrogens (tertiary/aromatic N) is 3. The van der Waals surface area contributed by atoms with E-state index in [1.807, 2.05) is 56.3 Å². The van der Waals surface area contributed by atoms with Crippen molar-refractivity contribution < 1.29 is 18.0 Å². The molecule has 1 fully saturated rings. The van der Waals surface area contributed by atoms with Gasteiger partial charge in [0.15, 0.2) is 0 Å². The molecule has 3 aliphatic rings. The van der Waals surface area contributed by atoms with E-state index in [4.69, 9.17) is 5.10 Å². The van der Waals surface area contributed by atoms with E-state index >= 15 is 0 Å². The van der Waals surface area contributed by atoms with E-state index in [1.54, 1.807) is 6.07 Å². The zero-order valence-electron chi connectivity index (χ0n) is 21.5. The zero-order chi connectivity index (χ0) is 26.7. The first-order chi connectivity index (χ1) is 18.2. The van der Waals surface area contributed by atoms with Crippen molar-refractivity contribution >= 4 is 23.0 Å². The van der Waals surface area contributed by atoms with Crippen molar-refractivity contribution in [2.75, 3.05) is 16.5 Å². The third-order valence-electron chi connectivity index (χ3n) is 8.58. The summed E-state index contributed by atoms with van der Waals surface area (Å²) in [6.45, 7) is 4.53. The van der Waals surface area contributed by atoms with Crippen LogP contribution < -0.4 is 9.91 Å². The molecule has 4 nitrogen and oxygen atoms in total. The van der Waals surface area contributed by atoms with Crippen molar-refractivity contribution in [2.45, 2.75) is 51.7 Å². The second-order valence-electron chi connectivity index (χ2n) is 10.9. The van der Waals surface area contributed by atoms with E-state index in [0.29, 0.717) is 29.4 Å². The van der Waals surface area contributed by atoms with Gasteiger partial charge in [-0.2, -0.15) is 23.3 Å². The number of halogens is 3. The number of hydrazone groups is 1. The van der Waals surface area contributed by atoms with Gasteiger partial charge in [-0.1, -0.05) is 48.0 Å². The predicted octanol–water partition coefficient (Wildman–Crippen LogP) is 6.81. The Hall–Kier alpha value is -3.61. The van der Waals surface area contributed by atoms with E-state index in [0.717, 1.165) is 30.5 Å². The molecule has 196 valence electrons. The number of carbonyl (C=O) groups excluding carboxylic acids is 1. The molecule has 0 saturated carbocycles. The highest BCUT2D eigenvalue weighted by atomic mass is 19.4. The van der Waals surface area contributed by atoms with Crippen LogP contribution in [0.4, 0.5) is 24.5 Å². The van der Waals surface area contributed by atoms with Crippen molar-refractivity contribution in [1.82, 2.24) is 0 Å². The summed E-state index contributed by atoms with van der Waals surface area (Å²) in [6.07, 6.45) is -1.64. The fourth-order valence-electron chi connectivity index (χ4n) is 6.61.